The van der Waals surface area contributed by atoms with Crippen molar-refractivity contribution in [2.75, 3.05) is 26.3 Å². The molecule has 0 saturated carbocycles. The molecule has 0 aromatic heterocycles. The van der Waals surface area contributed by atoms with E-state index >= 15 is 0 Å². The lowest BCUT2D eigenvalue weighted by Gasteiger charge is -2.26. The first-order valence-corrected chi connectivity index (χ1v) is 7.18. The number of rotatable bonds is 5. The largest absolute Gasteiger partial charge is 0.379 e. The molecule has 1 saturated heterocycles. The molecule has 108 valence electrons. The van der Waals surface area contributed by atoms with Gasteiger partial charge in [-0.1, -0.05) is 24.3 Å². The molecule has 2 aliphatic heterocycles. The van der Waals surface area contributed by atoms with E-state index in [1.165, 1.54) is 11.1 Å². The Labute approximate surface area is 120 Å². The molecule has 0 radical (unpaired) electrons. The highest BCUT2D eigenvalue weighted by molar-refractivity contribution is 5.23. The predicted molar refractivity (Wildman–Crippen MR) is 78.6 cm³/mol. The van der Waals surface area contributed by atoms with Gasteiger partial charge in [0.2, 0.25) is 0 Å². The van der Waals surface area contributed by atoms with E-state index in [9.17, 15) is 0 Å². The van der Waals surface area contributed by atoms with Crippen molar-refractivity contribution in [3.05, 3.63) is 47.8 Å². The number of nitrogens with one attached hydrogen (secondary N) is 3. The predicted octanol–water partition coefficient (Wildman–Crippen LogP) is 0.556. The fraction of sp³-hybridized carbons (Fsp3) is 0.467. The zero-order valence-electron chi connectivity index (χ0n) is 11.6. The number of hydrogen-bond donors (Lipinski definition) is 3. The number of hydrogen-bond acceptors (Lipinski definition) is 5. The minimum Gasteiger partial charge on any atom is -0.379 e. The third-order valence-electron chi connectivity index (χ3n) is 3.62. The molecule has 3 N–H and O–H groups in total. The Morgan fingerprint density at radius 1 is 1.15 bits per heavy atom. The van der Waals surface area contributed by atoms with Gasteiger partial charge in [0, 0.05) is 38.6 Å². The molecular weight excluding hydrogens is 252 g/mol. The summed E-state index contributed by atoms with van der Waals surface area (Å²) in [5, 5.41) is 9.77. The monoisotopic (exact) mass is 274 g/mol. The third-order valence-corrected chi connectivity index (χ3v) is 3.62. The van der Waals surface area contributed by atoms with Gasteiger partial charge in [-0.25, -0.2) is 0 Å². The quantitative estimate of drug-likeness (QED) is 0.732. The van der Waals surface area contributed by atoms with Crippen LogP contribution in [0.2, 0.25) is 0 Å². The fourth-order valence-corrected chi connectivity index (χ4v) is 2.53. The molecule has 1 aromatic rings. The number of benzene rings is 1. The van der Waals surface area contributed by atoms with Gasteiger partial charge in [0.25, 0.3) is 0 Å². The van der Waals surface area contributed by atoms with Crippen LogP contribution in [0.4, 0.5) is 0 Å². The van der Waals surface area contributed by atoms with Gasteiger partial charge in [-0.3, -0.25) is 10.2 Å². The average molecular weight is 274 g/mol. The topological polar surface area (TPSA) is 48.6 Å². The normalized spacial score (nSPS) is 19.8. The highest BCUT2D eigenvalue weighted by atomic mass is 16.5. The van der Waals surface area contributed by atoms with E-state index in [1.807, 2.05) is 12.4 Å². The smallest absolute Gasteiger partial charge is 0.152 e. The van der Waals surface area contributed by atoms with Crippen LogP contribution in [0.25, 0.3) is 0 Å². The Kier molecular flexibility index (Phi) is 4.53. The zero-order valence-corrected chi connectivity index (χ0v) is 11.6. The molecule has 20 heavy (non-hydrogen) atoms. The maximum absolute atomic E-state index is 5.39. The molecule has 0 spiro atoms. The van der Waals surface area contributed by atoms with Crippen molar-refractivity contribution in [2.24, 2.45) is 0 Å². The second-order valence-electron chi connectivity index (χ2n) is 5.19. The molecular formula is C15H22N4O. The van der Waals surface area contributed by atoms with E-state index < -0.39 is 0 Å². The summed E-state index contributed by atoms with van der Waals surface area (Å²) < 4.78 is 5.39. The Hall–Kier alpha value is -1.56. The van der Waals surface area contributed by atoms with Gasteiger partial charge in [-0.15, -0.1) is 0 Å². The number of ether oxygens (including phenoxy) is 1. The Balaban J connectivity index is 1.52. The van der Waals surface area contributed by atoms with Crippen molar-refractivity contribution in [1.29, 1.82) is 0 Å². The van der Waals surface area contributed by atoms with E-state index in [1.54, 1.807) is 0 Å². The summed E-state index contributed by atoms with van der Waals surface area (Å²) in [6.45, 7) is 5.64. The Morgan fingerprint density at radius 2 is 1.90 bits per heavy atom. The summed E-state index contributed by atoms with van der Waals surface area (Å²) in [5.41, 5.74) is 2.68. The van der Waals surface area contributed by atoms with Gasteiger partial charge in [0.15, 0.2) is 6.29 Å². The van der Waals surface area contributed by atoms with Crippen LogP contribution in [0.3, 0.4) is 0 Å². The van der Waals surface area contributed by atoms with Gasteiger partial charge in [-0.2, -0.15) is 0 Å². The molecule has 0 bridgehead atoms. The zero-order chi connectivity index (χ0) is 13.6. The van der Waals surface area contributed by atoms with Crippen LogP contribution < -0.4 is 16.0 Å². The van der Waals surface area contributed by atoms with Crippen molar-refractivity contribution < 1.29 is 4.74 Å². The minimum atomic E-state index is 0.137. The standard InChI is InChI=1S/C15H22N4O/c1-2-13(11-18-15-16-4-5-17-15)10-14(3-1)12-19-6-8-20-9-7-19/h1-5,10,15-18H,6-9,11-12H2. The molecule has 1 aromatic carbocycles. The lowest BCUT2D eigenvalue weighted by atomic mass is 10.1. The van der Waals surface area contributed by atoms with E-state index in [2.05, 4.69) is 45.1 Å². The molecule has 5 nitrogen and oxygen atoms in total. The molecule has 2 heterocycles. The van der Waals surface area contributed by atoms with Crippen LogP contribution >= 0.6 is 0 Å². The molecule has 3 rings (SSSR count). The van der Waals surface area contributed by atoms with Crippen molar-refractivity contribution in [3.63, 3.8) is 0 Å². The maximum atomic E-state index is 5.39. The second kappa shape index (κ2) is 6.74. The van der Waals surface area contributed by atoms with Crippen molar-refractivity contribution in [1.82, 2.24) is 20.9 Å². The number of nitrogens with zero attached hydrogens (tertiary/aromatic N) is 1. The summed E-state index contributed by atoms with van der Waals surface area (Å²) in [6, 6.07) is 8.79. The highest BCUT2D eigenvalue weighted by Gasteiger charge is 2.11. The van der Waals surface area contributed by atoms with Crippen molar-refractivity contribution in [2.45, 2.75) is 19.4 Å². The van der Waals surface area contributed by atoms with Gasteiger partial charge >= 0.3 is 0 Å². The second-order valence-corrected chi connectivity index (χ2v) is 5.19. The molecule has 0 aliphatic carbocycles. The Bertz CT molecular complexity index is 449. The molecule has 5 heteroatoms. The van der Waals surface area contributed by atoms with Gasteiger partial charge < -0.3 is 15.4 Å². The van der Waals surface area contributed by atoms with Crippen LogP contribution in [-0.2, 0) is 17.8 Å². The molecule has 0 amide bonds. The molecule has 0 unspecified atom stereocenters. The van der Waals surface area contributed by atoms with E-state index in [-0.39, 0.29) is 6.29 Å². The first kappa shape index (κ1) is 13.4. The van der Waals surface area contributed by atoms with E-state index in [4.69, 9.17) is 4.74 Å². The SMILES string of the molecule is C1=CNC(NCc2cccc(CN3CCOCC3)c2)N1. The first-order valence-electron chi connectivity index (χ1n) is 7.18. The Morgan fingerprint density at radius 3 is 2.70 bits per heavy atom. The van der Waals surface area contributed by atoms with Crippen LogP contribution in [0.15, 0.2) is 36.7 Å². The lowest BCUT2D eigenvalue weighted by Crippen LogP contribution is -2.44. The van der Waals surface area contributed by atoms with E-state index in [0.29, 0.717) is 0 Å². The summed E-state index contributed by atoms with van der Waals surface area (Å²) >= 11 is 0. The first-order chi connectivity index (χ1) is 9.90. The van der Waals surface area contributed by atoms with Crippen LogP contribution in [0, 0.1) is 0 Å². The summed E-state index contributed by atoms with van der Waals surface area (Å²) in [7, 11) is 0. The van der Waals surface area contributed by atoms with Crippen molar-refractivity contribution in [3.8, 4) is 0 Å². The molecule has 2 aliphatic rings. The molecule has 0 atom stereocenters. The van der Waals surface area contributed by atoms with Crippen LogP contribution in [0.5, 0.6) is 0 Å². The number of morpholine rings is 1. The average Bonchev–Trinajstić information content (AvgIpc) is 3.00. The third kappa shape index (κ3) is 3.72. The van der Waals surface area contributed by atoms with E-state index in [0.717, 1.165) is 39.4 Å². The highest BCUT2D eigenvalue weighted by Crippen LogP contribution is 2.10. The molecule has 1 fully saturated rings. The minimum absolute atomic E-state index is 0.137. The van der Waals surface area contributed by atoms with Crippen molar-refractivity contribution >= 4 is 0 Å². The summed E-state index contributed by atoms with van der Waals surface area (Å²) in [6.07, 6.45) is 3.96. The van der Waals surface area contributed by atoms with Gasteiger partial charge in [-0.05, 0) is 11.1 Å². The van der Waals surface area contributed by atoms with Crippen LogP contribution in [0.1, 0.15) is 11.1 Å². The summed E-state index contributed by atoms with van der Waals surface area (Å²) in [4.78, 5) is 2.44. The van der Waals surface area contributed by atoms with Crippen LogP contribution in [-0.4, -0.2) is 37.5 Å². The maximum Gasteiger partial charge on any atom is 0.152 e. The summed E-state index contributed by atoms with van der Waals surface area (Å²) in [5.74, 6) is 0. The van der Waals surface area contributed by atoms with Gasteiger partial charge in [0.1, 0.15) is 0 Å². The lowest BCUT2D eigenvalue weighted by molar-refractivity contribution is 0.0342. The van der Waals surface area contributed by atoms with Gasteiger partial charge in [0.05, 0.1) is 13.2 Å². The fourth-order valence-electron chi connectivity index (χ4n) is 2.53.